The maximum atomic E-state index is 11.5. The van der Waals surface area contributed by atoms with E-state index in [4.69, 9.17) is 0 Å². The van der Waals surface area contributed by atoms with Crippen molar-refractivity contribution in [1.82, 2.24) is 9.80 Å². The van der Waals surface area contributed by atoms with Gasteiger partial charge >= 0.3 is 0 Å². The van der Waals surface area contributed by atoms with E-state index in [9.17, 15) is 4.79 Å². The van der Waals surface area contributed by atoms with Crippen LogP contribution in [0.2, 0.25) is 0 Å². The van der Waals surface area contributed by atoms with Gasteiger partial charge in [-0.15, -0.1) is 11.3 Å². The number of thiophene rings is 1. The first-order valence-corrected chi connectivity index (χ1v) is 10.0. The van der Waals surface area contributed by atoms with E-state index < -0.39 is 0 Å². The highest BCUT2D eigenvalue weighted by Crippen LogP contribution is 2.20. The molecule has 0 radical (unpaired) electrons. The summed E-state index contributed by atoms with van der Waals surface area (Å²) in [5.74, 6) is 0.170. The summed E-state index contributed by atoms with van der Waals surface area (Å²) in [6.07, 6.45) is 3.66. The van der Waals surface area contributed by atoms with E-state index in [-0.39, 0.29) is 5.78 Å². The number of piperidine rings is 1. The normalized spacial score (nSPS) is 18.6. The van der Waals surface area contributed by atoms with Gasteiger partial charge in [-0.25, -0.2) is 0 Å². The highest BCUT2D eigenvalue weighted by Gasteiger charge is 2.23. The fourth-order valence-electron chi connectivity index (χ4n) is 3.59. The molecular weight excluding hydrogens is 328 g/mol. The molecule has 0 spiro atoms. The summed E-state index contributed by atoms with van der Waals surface area (Å²) >= 11 is 1.57. The molecule has 134 valence electrons. The largest absolute Gasteiger partial charge is 0.301 e. The Balaban J connectivity index is 1.50. The lowest BCUT2D eigenvalue weighted by Crippen LogP contribution is -2.46. The van der Waals surface area contributed by atoms with Crippen molar-refractivity contribution in [1.29, 1.82) is 0 Å². The zero-order chi connectivity index (χ0) is 17.6. The van der Waals surface area contributed by atoms with Crippen LogP contribution in [0.25, 0.3) is 0 Å². The number of benzene rings is 1. The standard InChI is InChI=1S/C21H28N2OS/c1-17(24)21-13-19(16-25-21)14-22(2)20-9-6-11-23(15-20)12-10-18-7-4-3-5-8-18/h3-5,7-8,13,16,20H,6,9-12,14-15H2,1-2H3. The molecule has 4 heteroatoms. The van der Waals surface area contributed by atoms with Crippen molar-refractivity contribution in [3.05, 3.63) is 57.8 Å². The number of ketones is 1. The Labute approximate surface area is 155 Å². The van der Waals surface area contributed by atoms with Gasteiger partial charge < -0.3 is 4.90 Å². The number of hydrogen-bond acceptors (Lipinski definition) is 4. The van der Waals surface area contributed by atoms with Crippen LogP contribution in [0.5, 0.6) is 0 Å². The molecule has 1 atom stereocenters. The lowest BCUT2D eigenvalue weighted by atomic mass is 10.0. The molecule has 1 fully saturated rings. The van der Waals surface area contributed by atoms with E-state index in [2.05, 4.69) is 58.6 Å². The molecule has 1 aliphatic heterocycles. The smallest absolute Gasteiger partial charge is 0.169 e. The van der Waals surface area contributed by atoms with E-state index >= 15 is 0 Å². The van der Waals surface area contributed by atoms with Gasteiger partial charge in [0.2, 0.25) is 0 Å². The van der Waals surface area contributed by atoms with E-state index in [1.54, 1.807) is 18.3 Å². The minimum absolute atomic E-state index is 0.170. The Morgan fingerprint density at radius 2 is 2.08 bits per heavy atom. The van der Waals surface area contributed by atoms with Crippen LogP contribution in [0.1, 0.15) is 40.6 Å². The molecule has 0 aliphatic carbocycles. The number of rotatable bonds is 7. The third kappa shape index (κ3) is 5.24. The van der Waals surface area contributed by atoms with E-state index in [1.807, 2.05) is 0 Å². The van der Waals surface area contributed by atoms with Gasteiger partial charge in [0.25, 0.3) is 0 Å². The van der Waals surface area contributed by atoms with Gasteiger partial charge in [0, 0.05) is 25.7 Å². The Morgan fingerprint density at radius 3 is 2.80 bits per heavy atom. The minimum atomic E-state index is 0.170. The van der Waals surface area contributed by atoms with Gasteiger partial charge in [-0.3, -0.25) is 9.69 Å². The molecule has 0 N–H and O–H groups in total. The maximum Gasteiger partial charge on any atom is 0.169 e. The molecule has 2 aromatic rings. The van der Waals surface area contributed by atoms with Crippen LogP contribution in [-0.4, -0.2) is 48.3 Å². The Bertz CT molecular complexity index is 682. The first kappa shape index (κ1) is 18.3. The first-order chi connectivity index (χ1) is 12.1. The number of carbonyl (C=O) groups is 1. The molecule has 25 heavy (non-hydrogen) atoms. The second kappa shape index (κ2) is 8.75. The zero-order valence-electron chi connectivity index (χ0n) is 15.3. The number of nitrogens with zero attached hydrogens (tertiary/aromatic N) is 2. The molecule has 1 unspecified atom stereocenters. The minimum Gasteiger partial charge on any atom is -0.301 e. The van der Waals surface area contributed by atoms with E-state index in [1.165, 1.54) is 30.5 Å². The first-order valence-electron chi connectivity index (χ1n) is 9.16. The predicted molar refractivity (Wildman–Crippen MR) is 105 cm³/mol. The Kier molecular flexibility index (Phi) is 6.40. The summed E-state index contributed by atoms with van der Waals surface area (Å²) in [5, 5.41) is 2.13. The monoisotopic (exact) mass is 356 g/mol. The molecule has 3 nitrogen and oxygen atoms in total. The Hall–Kier alpha value is -1.49. The number of carbonyl (C=O) groups excluding carboxylic acids is 1. The quantitative estimate of drug-likeness (QED) is 0.698. The van der Waals surface area contributed by atoms with Gasteiger partial charge in [-0.05, 0) is 62.4 Å². The lowest BCUT2D eigenvalue weighted by molar-refractivity contribution is 0.102. The van der Waals surface area contributed by atoms with Crippen molar-refractivity contribution >= 4 is 17.1 Å². The van der Waals surface area contributed by atoms with Crippen molar-refractivity contribution in [3.8, 4) is 0 Å². The third-order valence-electron chi connectivity index (χ3n) is 5.10. The fourth-order valence-corrected chi connectivity index (χ4v) is 4.39. The second-order valence-corrected chi connectivity index (χ2v) is 8.03. The van der Waals surface area contributed by atoms with Crippen molar-refractivity contribution in [2.24, 2.45) is 0 Å². The van der Waals surface area contributed by atoms with Crippen LogP contribution in [0.15, 0.2) is 41.8 Å². The van der Waals surface area contributed by atoms with Crippen LogP contribution in [0.4, 0.5) is 0 Å². The molecule has 1 saturated heterocycles. The van der Waals surface area contributed by atoms with Gasteiger partial charge in [0.05, 0.1) is 4.88 Å². The average molecular weight is 357 g/mol. The van der Waals surface area contributed by atoms with Crippen molar-refractivity contribution < 1.29 is 4.79 Å². The number of likely N-dealkylation sites (N-methyl/N-ethyl adjacent to an activating group) is 1. The topological polar surface area (TPSA) is 23.6 Å². The molecule has 1 aromatic heterocycles. The summed E-state index contributed by atoms with van der Waals surface area (Å²) in [5.41, 5.74) is 2.69. The van der Waals surface area contributed by atoms with Crippen LogP contribution in [0, 0.1) is 0 Å². The van der Waals surface area contributed by atoms with Crippen LogP contribution >= 0.6 is 11.3 Å². The summed E-state index contributed by atoms with van der Waals surface area (Å²) in [7, 11) is 2.22. The summed E-state index contributed by atoms with van der Waals surface area (Å²) < 4.78 is 0. The van der Waals surface area contributed by atoms with Crippen LogP contribution in [-0.2, 0) is 13.0 Å². The Morgan fingerprint density at radius 1 is 1.28 bits per heavy atom. The SMILES string of the molecule is CC(=O)c1cc(CN(C)C2CCCN(CCc3ccccc3)C2)cs1. The maximum absolute atomic E-state index is 11.5. The molecular formula is C21H28N2OS. The number of Topliss-reactive ketones (excluding diaryl/α,β-unsaturated/α-hetero) is 1. The van der Waals surface area contributed by atoms with Gasteiger partial charge in [-0.1, -0.05) is 30.3 Å². The van der Waals surface area contributed by atoms with Gasteiger partial charge in [0.1, 0.15) is 0 Å². The van der Waals surface area contributed by atoms with E-state index in [0.29, 0.717) is 6.04 Å². The molecule has 2 heterocycles. The molecule has 1 aromatic carbocycles. The van der Waals surface area contributed by atoms with Gasteiger partial charge in [0.15, 0.2) is 5.78 Å². The van der Waals surface area contributed by atoms with Crippen LogP contribution < -0.4 is 0 Å². The van der Waals surface area contributed by atoms with Crippen molar-refractivity contribution in [3.63, 3.8) is 0 Å². The second-order valence-electron chi connectivity index (χ2n) is 7.12. The highest BCUT2D eigenvalue weighted by molar-refractivity contribution is 7.12. The number of hydrogen-bond donors (Lipinski definition) is 0. The molecule has 0 amide bonds. The molecule has 0 bridgehead atoms. The summed E-state index contributed by atoms with van der Waals surface area (Å²) in [6, 6.07) is 13.4. The third-order valence-corrected chi connectivity index (χ3v) is 6.18. The zero-order valence-corrected chi connectivity index (χ0v) is 16.1. The fraction of sp³-hybridized carbons (Fsp3) is 0.476. The van der Waals surface area contributed by atoms with Crippen molar-refractivity contribution in [2.45, 2.75) is 38.8 Å². The van der Waals surface area contributed by atoms with E-state index in [0.717, 1.165) is 30.9 Å². The highest BCUT2D eigenvalue weighted by atomic mass is 32.1. The van der Waals surface area contributed by atoms with Gasteiger partial charge in [-0.2, -0.15) is 0 Å². The molecule has 1 aliphatic rings. The molecule has 3 rings (SSSR count). The average Bonchev–Trinajstić information content (AvgIpc) is 3.10. The van der Waals surface area contributed by atoms with Crippen molar-refractivity contribution in [2.75, 3.05) is 26.7 Å². The summed E-state index contributed by atoms with van der Waals surface area (Å²) in [6.45, 7) is 6.07. The lowest BCUT2D eigenvalue weighted by Gasteiger charge is -2.37. The van der Waals surface area contributed by atoms with Crippen LogP contribution in [0.3, 0.4) is 0 Å². The summed E-state index contributed by atoms with van der Waals surface area (Å²) in [4.78, 5) is 17.4. The molecule has 0 saturated carbocycles. The number of likely N-dealkylation sites (tertiary alicyclic amines) is 1. The predicted octanol–water partition coefficient (Wildman–Crippen LogP) is 4.09.